The van der Waals surface area contributed by atoms with Crippen molar-refractivity contribution in [3.05, 3.63) is 48.0 Å². The Morgan fingerprint density at radius 3 is 3.20 bits per heavy atom. The third-order valence-corrected chi connectivity index (χ3v) is 2.86. The number of nitrogens with one attached hydrogen (secondary N) is 2. The number of hydrogen-bond acceptors (Lipinski definition) is 2. The van der Waals surface area contributed by atoms with Crippen LogP contribution in [0.3, 0.4) is 0 Å². The van der Waals surface area contributed by atoms with Gasteiger partial charge >= 0.3 is 0 Å². The summed E-state index contributed by atoms with van der Waals surface area (Å²) in [6, 6.07) is 9.12. The van der Waals surface area contributed by atoms with Gasteiger partial charge in [-0.05, 0) is 24.1 Å². The Hall–Kier alpha value is -1.12. The highest BCUT2D eigenvalue weighted by Gasteiger charge is 2.16. The van der Waals surface area contributed by atoms with E-state index in [2.05, 4.69) is 41.5 Å². The van der Waals surface area contributed by atoms with Crippen molar-refractivity contribution < 1.29 is 0 Å². The van der Waals surface area contributed by atoms with E-state index in [1.165, 1.54) is 11.1 Å². The Labute approximate surface area is 91.4 Å². The minimum atomic E-state index is 0.467. The molecule has 1 aliphatic heterocycles. The molecule has 2 rings (SSSR count). The molecule has 0 amide bonds. The topological polar surface area (TPSA) is 24.1 Å². The van der Waals surface area contributed by atoms with Crippen LogP contribution in [0.1, 0.15) is 23.6 Å². The van der Waals surface area contributed by atoms with Crippen molar-refractivity contribution in [1.29, 1.82) is 0 Å². The van der Waals surface area contributed by atoms with Gasteiger partial charge in [-0.25, -0.2) is 0 Å². The number of fused-ring (bicyclic) bond motifs is 1. The molecular weight excluding hydrogens is 184 g/mol. The van der Waals surface area contributed by atoms with Gasteiger partial charge in [-0.3, -0.25) is 0 Å². The quantitative estimate of drug-likeness (QED) is 0.733. The summed E-state index contributed by atoms with van der Waals surface area (Å²) >= 11 is 0. The maximum Gasteiger partial charge on any atom is 0.0338 e. The van der Waals surface area contributed by atoms with E-state index in [9.17, 15) is 0 Å². The molecule has 1 unspecified atom stereocenters. The van der Waals surface area contributed by atoms with Crippen LogP contribution in [-0.2, 0) is 6.54 Å². The summed E-state index contributed by atoms with van der Waals surface area (Å²) in [7, 11) is 0. The molecule has 1 aliphatic rings. The highest BCUT2D eigenvalue weighted by atomic mass is 14.9. The standard InChI is InChI=1S/C13H18N2/c1-2-8-15-13-7-9-14-10-11-5-3-4-6-12(11)13/h2-6,13-15H,1,7-10H2. The highest BCUT2D eigenvalue weighted by Crippen LogP contribution is 2.22. The molecule has 0 aromatic heterocycles. The molecule has 0 saturated carbocycles. The molecule has 0 fully saturated rings. The normalized spacial score (nSPS) is 20.4. The lowest BCUT2D eigenvalue weighted by Gasteiger charge is -2.17. The van der Waals surface area contributed by atoms with Crippen LogP contribution in [-0.4, -0.2) is 13.1 Å². The van der Waals surface area contributed by atoms with Crippen molar-refractivity contribution in [1.82, 2.24) is 10.6 Å². The number of benzene rings is 1. The lowest BCUT2D eigenvalue weighted by atomic mass is 9.99. The van der Waals surface area contributed by atoms with E-state index in [-0.39, 0.29) is 0 Å². The second-order valence-corrected chi connectivity index (χ2v) is 3.91. The zero-order valence-corrected chi connectivity index (χ0v) is 9.00. The molecule has 0 radical (unpaired) electrons. The molecule has 2 heteroatoms. The minimum Gasteiger partial charge on any atom is -0.313 e. The van der Waals surface area contributed by atoms with Gasteiger partial charge in [0.1, 0.15) is 0 Å². The van der Waals surface area contributed by atoms with Crippen molar-refractivity contribution in [2.75, 3.05) is 13.1 Å². The van der Waals surface area contributed by atoms with Gasteiger partial charge in [0.15, 0.2) is 0 Å². The molecule has 0 saturated heterocycles. The summed E-state index contributed by atoms with van der Waals surface area (Å²) in [6.07, 6.45) is 3.06. The van der Waals surface area contributed by atoms with Crippen LogP contribution < -0.4 is 10.6 Å². The first-order valence-electron chi connectivity index (χ1n) is 5.54. The first-order valence-corrected chi connectivity index (χ1v) is 5.54. The first-order chi connectivity index (χ1) is 7.42. The van der Waals surface area contributed by atoms with Gasteiger partial charge in [0, 0.05) is 19.1 Å². The van der Waals surface area contributed by atoms with Crippen LogP contribution in [0.5, 0.6) is 0 Å². The smallest absolute Gasteiger partial charge is 0.0338 e. The molecule has 1 heterocycles. The molecule has 2 nitrogen and oxygen atoms in total. The van der Waals surface area contributed by atoms with Gasteiger partial charge in [-0.15, -0.1) is 6.58 Å². The predicted molar refractivity (Wildman–Crippen MR) is 63.7 cm³/mol. The lowest BCUT2D eigenvalue weighted by molar-refractivity contribution is 0.521. The van der Waals surface area contributed by atoms with Crippen LogP contribution in [0.25, 0.3) is 0 Å². The maximum atomic E-state index is 3.75. The minimum absolute atomic E-state index is 0.467. The predicted octanol–water partition coefficient (Wildman–Crippen LogP) is 2.00. The molecular formula is C13H18N2. The van der Waals surface area contributed by atoms with E-state index in [1.807, 2.05) is 6.08 Å². The van der Waals surface area contributed by atoms with Crippen molar-refractivity contribution in [2.45, 2.75) is 19.0 Å². The van der Waals surface area contributed by atoms with Gasteiger partial charge in [0.2, 0.25) is 0 Å². The van der Waals surface area contributed by atoms with Crippen LogP contribution in [0.2, 0.25) is 0 Å². The summed E-state index contributed by atoms with van der Waals surface area (Å²) in [5, 5.41) is 6.95. The SMILES string of the molecule is C=CCNC1CCNCc2ccccc21. The number of hydrogen-bond donors (Lipinski definition) is 2. The van der Waals surface area contributed by atoms with E-state index in [0.29, 0.717) is 6.04 Å². The fraction of sp³-hybridized carbons (Fsp3) is 0.385. The Balaban J connectivity index is 2.20. The zero-order chi connectivity index (χ0) is 10.5. The Morgan fingerprint density at radius 1 is 1.47 bits per heavy atom. The van der Waals surface area contributed by atoms with E-state index < -0.39 is 0 Å². The van der Waals surface area contributed by atoms with Crippen molar-refractivity contribution in [2.24, 2.45) is 0 Å². The van der Waals surface area contributed by atoms with Crippen LogP contribution in [0, 0.1) is 0 Å². The van der Waals surface area contributed by atoms with Gasteiger partial charge < -0.3 is 10.6 Å². The zero-order valence-electron chi connectivity index (χ0n) is 9.00. The summed E-state index contributed by atoms with van der Waals surface area (Å²) in [5.41, 5.74) is 2.85. The fourth-order valence-corrected chi connectivity index (χ4v) is 2.10. The monoisotopic (exact) mass is 202 g/mol. The lowest BCUT2D eigenvalue weighted by Crippen LogP contribution is -2.23. The summed E-state index contributed by atoms with van der Waals surface area (Å²) in [5.74, 6) is 0. The van der Waals surface area contributed by atoms with E-state index in [0.717, 1.165) is 26.1 Å². The molecule has 0 spiro atoms. The van der Waals surface area contributed by atoms with Crippen molar-refractivity contribution >= 4 is 0 Å². The highest BCUT2D eigenvalue weighted by molar-refractivity contribution is 5.31. The summed E-state index contributed by atoms with van der Waals surface area (Å²) in [4.78, 5) is 0. The average Bonchev–Trinajstić information content (AvgIpc) is 2.49. The van der Waals surface area contributed by atoms with E-state index in [4.69, 9.17) is 0 Å². The Morgan fingerprint density at radius 2 is 2.33 bits per heavy atom. The summed E-state index contributed by atoms with van der Waals surface area (Å²) < 4.78 is 0. The van der Waals surface area contributed by atoms with Crippen molar-refractivity contribution in [3.63, 3.8) is 0 Å². The Bertz CT molecular complexity index is 333. The van der Waals surface area contributed by atoms with Gasteiger partial charge in [-0.2, -0.15) is 0 Å². The van der Waals surface area contributed by atoms with E-state index in [1.54, 1.807) is 0 Å². The first kappa shape index (κ1) is 10.4. The van der Waals surface area contributed by atoms with Gasteiger partial charge in [0.25, 0.3) is 0 Å². The van der Waals surface area contributed by atoms with Crippen molar-refractivity contribution in [3.8, 4) is 0 Å². The number of rotatable bonds is 3. The average molecular weight is 202 g/mol. The van der Waals surface area contributed by atoms with E-state index >= 15 is 0 Å². The second kappa shape index (κ2) is 5.10. The molecule has 1 aromatic carbocycles. The van der Waals surface area contributed by atoms with Crippen LogP contribution in [0.15, 0.2) is 36.9 Å². The molecule has 80 valence electrons. The molecule has 0 aliphatic carbocycles. The van der Waals surface area contributed by atoms with Crippen LogP contribution >= 0.6 is 0 Å². The molecule has 0 bridgehead atoms. The largest absolute Gasteiger partial charge is 0.313 e. The molecule has 15 heavy (non-hydrogen) atoms. The molecule has 1 aromatic rings. The molecule has 1 atom stereocenters. The van der Waals surface area contributed by atoms with Crippen LogP contribution in [0.4, 0.5) is 0 Å². The fourth-order valence-electron chi connectivity index (χ4n) is 2.10. The van der Waals surface area contributed by atoms with Gasteiger partial charge in [0.05, 0.1) is 0 Å². The third kappa shape index (κ3) is 2.46. The molecule has 2 N–H and O–H groups in total. The maximum absolute atomic E-state index is 3.75. The third-order valence-electron chi connectivity index (χ3n) is 2.86. The van der Waals surface area contributed by atoms with Gasteiger partial charge in [-0.1, -0.05) is 30.3 Å². The second-order valence-electron chi connectivity index (χ2n) is 3.91. The summed E-state index contributed by atoms with van der Waals surface area (Å²) in [6.45, 7) is 6.68. The Kier molecular flexibility index (Phi) is 3.54.